The lowest BCUT2D eigenvalue weighted by Gasteiger charge is -2.36. The zero-order valence-electron chi connectivity index (χ0n) is 11.3. The molecule has 21 heavy (non-hydrogen) atoms. The molecule has 1 aromatic carbocycles. The molecule has 0 amide bonds. The van der Waals surface area contributed by atoms with E-state index >= 15 is 0 Å². The lowest BCUT2D eigenvalue weighted by Crippen LogP contribution is -2.49. The summed E-state index contributed by atoms with van der Waals surface area (Å²) in [4.78, 5) is 10.9. The first kappa shape index (κ1) is 16.2. The van der Waals surface area contributed by atoms with Crippen LogP contribution in [-0.2, 0) is 14.8 Å². The van der Waals surface area contributed by atoms with Gasteiger partial charge in [-0.15, -0.1) is 0 Å². The third-order valence-corrected chi connectivity index (χ3v) is 5.87. The van der Waals surface area contributed by atoms with Crippen molar-refractivity contribution in [1.29, 1.82) is 0 Å². The molecular formula is C13H15ClFNO4S. The highest BCUT2D eigenvalue weighted by Crippen LogP contribution is 2.30. The van der Waals surface area contributed by atoms with Crippen molar-refractivity contribution in [3.63, 3.8) is 0 Å². The van der Waals surface area contributed by atoms with E-state index < -0.39 is 33.8 Å². The Kier molecular flexibility index (Phi) is 4.55. The maximum Gasteiger partial charge on any atom is 0.308 e. The Morgan fingerprint density at radius 3 is 2.67 bits per heavy atom. The number of nitrogens with zero attached hydrogens (tertiary/aromatic N) is 1. The van der Waals surface area contributed by atoms with Crippen molar-refractivity contribution >= 4 is 27.6 Å². The van der Waals surface area contributed by atoms with Crippen LogP contribution in [0.1, 0.15) is 19.8 Å². The fourth-order valence-corrected chi connectivity index (χ4v) is 4.64. The standard InChI is InChI=1S/C13H15ClFNO4S/c1-8-12(13(17)18)3-2-4-16(8)21(19,20)11-6-9(14)5-10(15)7-11/h5-8,12H,2-4H2,1H3,(H,17,18)/t8-,12-/m1/s1. The lowest BCUT2D eigenvalue weighted by molar-refractivity contribution is -0.144. The van der Waals surface area contributed by atoms with Crippen LogP contribution in [-0.4, -0.2) is 36.4 Å². The van der Waals surface area contributed by atoms with Gasteiger partial charge in [0.25, 0.3) is 0 Å². The van der Waals surface area contributed by atoms with Crippen LogP contribution >= 0.6 is 11.6 Å². The number of carboxylic acids is 1. The van der Waals surface area contributed by atoms with Gasteiger partial charge in [0, 0.05) is 17.6 Å². The van der Waals surface area contributed by atoms with Crippen LogP contribution in [0.2, 0.25) is 5.02 Å². The van der Waals surface area contributed by atoms with Crippen LogP contribution < -0.4 is 0 Å². The Labute approximate surface area is 127 Å². The van der Waals surface area contributed by atoms with Gasteiger partial charge in [-0.3, -0.25) is 4.79 Å². The van der Waals surface area contributed by atoms with Crippen molar-refractivity contribution in [2.75, 3.05) is 6.54 Å². The second-order valence-corrected chi connectivity index (χ2v) is 7.38. The molecule has 0 saturated carbocycles. The Balaban J connectivity index is 2.40. The molecule has 0 spiro atoms. The molecule has 0 bridgehead atoms. The number of rotatable bonds is 3. The van der Waals surface area contributed by atoms with Crippen molar-refractivity contribution < 1.29 is 22.7 Å². The Hall–Kier alpha value is -1.18. The van der Waals surface area contributed by atoms with Crippen molar-refractivity contribution in [2.45, 2.75) is 30.7 Å². The maximum absolute atomic E-state index is 13.4. The predicted molar refractivity (Wildman–Crippen MR) is 75.1 cm³/mol. The van der Waals surface area contributed by atoms with Gasteiger partial charge in [0.05, 0.1) is 10.8 Å². The second-order valence-electron chi connectivity index (χ2n) is 5.05. The van der Waals surface area contributed by atoms with Gasteiger partial charge in [-0.25, -0.2) is 12.8 Å². The van der Waals surface area contributed by atoms with Gasteiger partial charge in [-0.2, -0.15) is 4.31 Å². The molecule has 0 radical (unpaired) electrons. The minimum Gasteiger partial charge on any atom is -0.481 e. The van der Waals surface area contributed by atoms with Crippen LogP contribution in [0.3, 0.4) is 0 Å². The summed E-state index contributed by atoms with van der Waals surface area (Å²) in [5.74, 6) is -2.54. The first-order valence-corrected chi connectivity index (χ1v) is 8.26. The fourth-order valence-electron chi connectivity index (χ4n) is 2.59. The summed E-state index contributed by atoms with van der Waals surface area (Å²) in [5.41, 5.74) is 0. The molecule has 1 aliphatic heterocycles. The third kappa shape index (κ3) is 3.20. The SMILES string of the molecule is C[C@@H]1[C@H](C(=O)O)CCCN1S(=O)(=O)c1cc(F)cc(Cl)c1. The molecule has 0 aromatic heterocycles. The first-order valence-electron chi connectivity index (χ1n) is 6.44. The monoisotopic (exact) mass is 335 g/mol. The second kappa shape index (κ2) is 5.90. The van der Waals surface area contributed by atoms with E-state index in [1.54, 1.807) is 6.92 Å². The van der Waals surface area contributed by atoms with Crippen LogP contribution in [0.15, 0.2) is 23.1 Å². The topological polar surface area (TPSA) is 74.7 Å². The Bertz CT molecular complexity index is 644. The average molecular weight is 336 g/mol. The van der Waals surface area contributed by atoms with Gasteiger partial charge < -0.3 is 5.11 Å². The highest BCUT2D eigenvalue weighted by atomic mass is 35.5. The summed E-state index contributed by atoms with van der Waals surface area (Å²) in [6.45, 7) is 1.76. The molecule has 2 atom stereocenters. The van der Waals surface area contributed by atoms with Gasteiger partial charge in [0.1, 0.15) is 5.82 Å². The van der Waals surface area contributed by atoms with E-state index in [2.05, 4.69) is 0 Å². The smallest absolute Gasteiger partial charge is 0.308 e. The number of carbonyl (C=O) groups is 1. The number of sulfonamides is 1. The number of piperidine rings is 1. The third-order valence-electron chi connectivity index (χ3n) is 3.69. The van der Waals surface area contributed by atoms with Gasteiger partial charge in [-0.1, -0.05) is 11.6 Å². The summed E-state index contributed by atoms with van der Waals surface area (Å²) in [6.07, 6.45) is 0.871. The fraction of sp³-hybridized carbons (Fsp3) is 0.462. The van der Waals surface area contributed by atoms with Crippen molar-refractivity contribution in [1.82, 2.24) is 4.31 Å². The number of carboxylic acid groups (broad SMARTS) is 1. The van der Waals surface area contributed by atoms with E-state index in [0.717, 1.165) is 22.5 Å². The van der Waals surface area contributed by atoms with Gasteiger partial charge in [-0.05, 0) is 38.0 Å². The summed E-state index contributed by atoms with van der Waals surface area (Å²) in [5, 5.41) is 9.13. The number of halogens is 2. The first-order chi connectivity index (χ1) is 9.73. The average Bonchev–Trinajstić information content (AvgIpc) is 2.37. The van der Waals surface area contributed by atoms with Crippen molar-refractivity contribution in [3.05, 3.63) is 29.0 Å². The zero-order valence-corrected chi connectivity index (χ0v) is 12.9. The molecule has 1 heterocycles. The van der Waals surface area contributed by atoms with E-state index in [-0.39, 0.29) is 16.5 Å². The van der Waals surface area contributed by atoms with E-state index in [1.165, 1.54) is 0 Å². The van der Waals surface area contributed by atoms with Crippen LogP contribution in [0.4, 0.5) is 4.39 Å². The van der Waals surface area contributed by atoms with Crippen molar-refractivity contribution in [3.8, 4) is 0 Å². The highest BCUT2D eigenvalue weighted by Gasteiger charge is 2.39. The maximum atomic E-state index is 13.4. The number of hydrogen-bond donors (Lipinski definition) is 1. The lowest BCUT2D eigenvalue weighted by atomic mass is 9.92. The molecule has 1 N–H and O–H groups in total. The molecule has 116 valence electrons. The molecule has 0 unspecified atom stereocenters. The Morgan fingerprint density at radius 2 is 2.10 bits per heavy atom. The van der Waals surface area contributed by atoms with E-state index in [1.807, 2.05) is 0 Å². The summed E-state index contributed by atoms with van der Waals surface area (Å²) in [6, 6.07) is 2.37. The quantitative estimate of drug-likeness (QED) is 0.920. The molecule has 5 nitrogen and oxygen atoms in total. The predicted octanol–water partition coefficient (Wildman–Crippen LogP) is 2.35. The largest absolute Gasteiger partial charge is 0.481 e. The Morgan fingerprint density at radius 1 is 1.43 bits per heavy atom. The minimum absolute atomic E-state index is 0.0203. The molecule has 0 aliphatic carbocycles. The molecule has 1 aliphatic rings. The molecule has 1 aromatic rings. The molecule has 8 heteroatoms. The van der Waals surface area contributed by atoms with E-state index in [0.29, 0.717) is 12.8 Å². The van der Waals surface area contributed by atoms with Gasteiger partial charge >= 0.3 is 5.97 Å². The van der Waals surface area contributed by atoms with Crippen molar-refractivity contribution in [2.24, 2.45) is 5.92 Å². The van der Waals surface area contributed by atoms with E-state index in [9.17, 15) is 17.6 Å². The van der Waals surface area contributed by atoms with Crippen LogP contribution in [0.5, 0.6) is 0 Å². The zero-order chi connectivity index (χ0) is 15.8. The van der Waals surface area contributed by atoms with Gasteiger partial charge in [0.15, 0.2) is 0 Å². The molecule has 1 saturated heterocycles. The van der Waals surface area contributed by atoms with Gasteiger partial charge in [0.2, 0.25) is 10.0 Å². The number of aliphatic carboxylic acids is 1. The highest BCUT2D eigenvalue weighted by molar-refractivity contribution is 7.89. The van der Waals surface area contributed by atoms with E-state index in [4.69, 9.17) is 16.7 Å². The summed E-state index contributed by atoms with van der Waals surface area (Å²) < 4.78 is 39.6. The number of benzene rings is 1. The minimum atomic E-state index is -3.98. The molecular weight excluding hydrogens is 321 g/mol. The molecule has 1 fully saturated rings. The number of hydrogen-bond acceptors (Lipinski definition) is 3. The van der Waals surface area contributed by atoms with Crippen LogP contribution in [0, 0.1) is 11.7 Å². The van der Waals surface area contributed by atoms with Crippen LogP contribution in [0.25, 0.3) is 0 Å². The molecule has 2 rings (SSSR count). The summed E-state index contributed by atoms with van der Waals surface area (Å²) in [7, 11) is -3.98. The summed E-state index contributed by atoms with van der Waals surface area (Å²) >= 11 is 5.69. The normalized spacial score (nSPS) is 24.0.